The molecule has 1 amide bonds. The summed E-state index contributed by atoms with van der Waals surface area (Å²) in [4.78, 5) is 12.0. The first kappa shape index (κ1) is 12.2. The quantitative estimate of drug-likeness (QED) is 0.887. The van der Waals surface area contributed by atoms with E-state index in [0.717, 1.165) is 43.4 Å². The second-order valence-corrected chi connectivity index (χ2v) is 5.05. The number of para-hydroxylation sites is 1. The smallest absolute Gasteiger partial charge is 0.287 e. The van der Waals surface area contributed by atoms with Crippen molar-refractivity contribution in [1.29, 1.82) is 0 Å². The zero-order valence-electron chi connectivity index (χ0n) is 10.8. The summed E-state index contributed by atoms with van der Waals surface area (Å²) in [5, 5.41) is 7.26. The minimum Gasteiger partial charge on any atom is -0.451 e. The number of fused-ring (bicyclic) bond motifs is 1. The van der Waals surface area contributed by atoms with Crippen LogP contribution in [-0.4, -0.2) is 25.5 Å². The van der Waals surface area contributed by atoms with Crippen LogP contribution >= 0.6 is 0 Å². The van der Waals surface area contributed by atoms with Crippen LogP contribution in [0.4, 0.5) is 0 Å². The molecule has 2 aromatic rings. The van der Waals surface area contributed by atoms with E-state index < -0.39 is 0 Å². The predicted octanol–water partition coefficient (Wildman–Crippen LogP) is 2.16. The van der Waals surface area contributed by atoms with E-state index in [1.807, 2.05) is 24.3 Å². The maximum atomic E-state index is 12.0. The van der Waals surface area contributed by atoms with Crippen LogP contribution in [0, 0.1) is 5.92 Å². The van der Waals surface area contributed by atoms with Gasteiger partial charge >= 0.3 is 0 Å². The summed E-state index contributed by atoms with van der Waals surface area (Å²) in [5.74, 6) is 0.861. The summed E-state index contributed by atoms with van der Waals surface area (Å²) in [6, 6.07) is 9.46. The van der Waals surface area contributed by atoms with Crippen molar-refractivity contribution in [1.82, 2.24) is 10.6 Å². The van der Waals surface area contributed by atoms with E-state index in [4.69, 9.17) is 4.42 Å². The lowest BCUT2D eigenvalue weighted by Crippen LogP contribution is -2.35. The van der Waals surface area contributed by atoms with E-state index in [-0.39, 0.29) is 5.91 Å². The molecule has 0 saturated carbocycles. The number of benzene rings is 1. The second kappa shape index (κ2) is 5.45. The van der Waals surface area contributed by atoms with Crippen molar-refractivity contribution < 1.29 is 9.21 Å². The Kier molecular flexibility index (Phi) is 3.51. The lowest BCUT2D eigenvalue weighted by Gasteiger charge is -2.22. The third kappa shape index (κ3) is 2.79. The van der Waals surface area contributed by atoms with Crippen LogP contribution in [0.3, 0.4) is 0 Å². The van der Waals surface area contributed by atoms with Crippen LogP contribution in [-0.2, 0) is 0 Å². The van der Waals surface area contributed by atoms with Crippen molar-refractivity contribution in [3.63, 3.8) is 0 Å². The molecule has 4 heteroatoms. The van der Waals surface area contributed by atoms with Crippen LogP contribution in [0.5, 0.6) is 0 Å². The molecule has 19 heavy (non-hydrogen) atoms. The number of nitrogens with one attached hydrogen (secondary N) is 2. The molecule has 1 aliphatic rings. The van der Waals surface area contributed by atoms with Gasteiger partial charge in [0.15, 0.2) is 5.76 Å². The normalized spacial score (nSPS) is 16.6. The Balaban J connectivity index is 1.63. The Morgan fingerprint density at radius 1 is 1.32 bits per heavy atom. The first-order valence-corrected chi connectivity index (χ1v) is 6.80. The molecule has 0 spiro atoms. The Morgan fingerprint density at radius 3 is 2.89 bits per heavy atom. The van der Waals surface area contributed by atoms with Gasteiger partial charge < -0.3 is 15.1 Å². The molecule has 1 aromatic heterocycles. The van der Waals surface area contributed by atoms with Gasteiger partial charge in [0.1, 0.15) is 5.58 Å². The zero-order chi connectivity index (χ0) is 13.1. The number of furan rings is 1. The van der Waals surface area contributed by atoms with E-state index >= 15 is 0 Å². The molecule has 3 rings (SSSR count). The molecule has 2 N–H and O–H groups in total. The van der Waals surface area contributed by atoms with Crippen molar-refractivity contribution in [3.05, 3.63) is 36.1 Å². The molecule has 0 radical (unpaired) electrons. The molecule has 2 heterocycles. The topological polar surface area (TPSA) is 54.3 Å². The lowest BCUT2D eigenvalue weighted by molar-refractivity contribution is 0.0918. The lowest BCUT2D eigenvalue weighted by atomic mass is 9.98. The molecular weight excluding hydrogens is 240 g/mol. The van der Waals surface area contributed by atoms with Gasteiger partial charge in [0, 0.05) is 11.9 Å². The molecule has 1 fully saturated rings. The summed E-state index contributed by atoms with van der Waals surface area (Å²) < 4.78 is 5.55. The molecule has 100 valence electrons. The van der Waals surface area contributed by atoms with Crippen LogP contribution < -0.4 is 10.6 Å². The van der Waals surface area contributed by atoms with E-state index in [2.05, 4.69) is 10.6 Å². The highest BCUT2D eigenvalue weighted by Crippen LogP contribution is 2.18. The Bertz CT molecular complexity index is 537. The van der Waals surface area contributed by atoms with Crippen molar-refractivity contribution in [2.75, 3.05) is 19.6 Å². The van der Waals surface area contributed by atoms with E-state index in [9.17, 15) is 4.79 Å². The largest absolute Gasteiger partial charge is 0.451 e. The highest BCUT2D eigenvalue weighted by molar-refractivity contribution is 5.96. The molecule has 0 unspecified atom stereocenters. The highest BCUT2D eigenvalue weighted by atomic mass is 16.3. The van der Waals surface area contributed by atoms with Gasteiger partial charge in [0.25, 0.3) is 5.91 Å². The maximum absolute atomic E-state index is 12.0. The third-order valence-electron chi connectivity index (χ3n) is 3.66. The fourth-order valence-electron chi connectivity index (χ4n) is 2.50. The number of rotatable bonds is 3. The zero-order valence-corrected chi connectivity index (χ0v) is 10.8. The van der Waals surface area contributed by atoms with Crippen molar-refractivity contribution in [3.8, 4) is 0 Å². The maximum Gasteiger partial charge on any atom is 0.287 e. The summed E-state index contributed by atoms with van der Waals surface area (Å²) in [7, 11) is 0. The van der Waals surface area contributed by atoms with Crippen LogP contribution in [0.15, 0.2) is 34.7 Å². The molecule has 1 saturated heterocycles. The Labute approximate surface area is 112 Å². The number of carbonyl (C=O) groups is 1. The van der Waals surface area contributed by atoms with Gasteiger partial charge in [-0.3, -0.25) is 4.79 Å². The Morgan fingerprint density at radius 2 is 2.11 bits per heavy atom. The first-order valence-electron chi connectivity index (χ1n) is 6.80. The second-order valence-electron chi connectivity index (χ2n) is 5.05. The average molecular weight is 258 g/mol. The SMILES string of the molecule is O=C(NCC1CCNCC1)c1cc2ccccc2o1. The summed E-state index contributed by atoms with van der Waals surface area (Å²) in [6.07, 6.45) is 2.25. The van der Waals surface area contributed by atoms with E-state index in [1.54, 1.807) is 6.07 Å². The average Bonchev–Trinajstić information content (AvgIpc) is 2.90. The molecule has 1 aromatic carbocycles. The first-order chi connectivity index (χ1) is 9.33. The molecule has 0 bridgehead atoms. The molecule has 1 aliphatic heterocycles. The number of carbonyl (C=O) groups excluding carboxylic acids is 1. The number of amides is 1. The molecule has 4 nitrogen and oxygen atoms in total. The third-order valence-corrected chi connectivity index (χ3v) is 3.66. The van der Waals surface area contributed by atoms with Crippen LogP contribution in [0.2, 0.25) is 0 Å². The van der Waals surface area contributed by atoms with Gasteiger partial charge in [-0.15, -0.1) is 0 Å². The van der Waals surface area contributed by atoms with Gasteiger partial charge in [-0.2, -0.15) is 0 Å². The standard InChI is InChI=1S/C15H18N2O2/c18-15(17-10-11-5-7-16-8-6-11)14-9-12-3-1-2-4-13(12)19-14/h1-4,9,11,16H,5-8,10H2,(H,17,18). The summed E-state index contributed by atoms with van der Waals surface area (Å²) in [6.45, 7) is 2.83. The van der Waals surface area contributed by atoms with E-state index in [1.165, 1.54) is 0 Å². The fourth-order valence-corrected chi connectivity index (χ4v) is 2.50. The van der Waals surface area contributed by atoms with Crippen molar-refractivity contribution in [2.24, 2.45) is 5.92 Å². The van der Waals surface area contributed by atoms with Gasteiger partial charge in [0.2, 0.25) is 0 Å². The van der Waals surface area contributed by atoms with Crippen molar-refractivity contribution in [2.45, 2.75) is 12.8 Å². The number of hydrogen-bond donors (Lipinski definition) is 2. The van der Waals surface area contributed by atoms with Gasteiger partial charge in [0.05, 0.1) is 0 Å². The fraction of sp³-hybridized carbons (Fsp3) is 0.400. The van der Waals surface area contributed by atoms with Crippen LogP contribution in [0.1, 0.15) is 23.4 Å². The van der Waals surface area contributed by atoms with Crippen LogP contribution in [0.25, 0.3) is 11.0 Å². The van der Waals surface area contributed by atoms with Gasteiger partial charge in [-0.05, 0) is 44.0 Å². The monoisotopic (exact) mass is 258 g/mol. The van der Waals surface area contributed by atoms with Gasteiger partial charge in [-0.25, -0.2) is 0 Å². The molecule has 0 aliphatic carbocycles. The summed E-state index contributed by atoms with van der Waals surface area (Å²) >= 11 is 0. The Hall–Kier alpha value is -1.81. The minimum absolute atomic E-state index is 0.116. The van der Waals surface area contributed by atoms with E-state index in [0.29, 0.717) is 11.7 Å². The molecule has 0 atom stereocenters. The predicted molar refractivity (Wildman–Crippen MR) is 74.1 cm³/mol. The van der Waals surface area contributed by atoms with Crippen molar-refractivity contribution >= 4 is 16.9 Å². The number of piperidine rings is 1. The highest BCUT2D eigenvalue weighted by Gasteiger charge is 2.16. The van der Waals surface area contributed by atoms with Gasteiger partial charge in [-0.1, -0.05) is 18.2 Å². The number of hydrogen-bond acceptors (Lipinski definition) is 3. The summed E-state index contributed by atoms with van der Waals surface area (Å²) in [5.41, 5.74) is 0.759. The molecular formula is C15H18N2O2. The minimum atomic E-state index is -0.116.